The molecule has 0 bridgehead atoms. The second-order valence-electron chi connectivity index (χ2n) is 2.62. The number of phenols is 2. The van der Waals surface area contributed by atoms with Crippen LogP contribution in [0.2, 0.25) is 0 Å². The van der Waals surface area contributed by atoms with Crippen LogP contribution in [0.3, 0.4) is 0 Å². The summed E-state index contributed by atoms with van der Waals surface area (Å²) in [5.74, 6) is -0.0113. The van der Waals surface area contributed by atoms with Crippen LogP contribution in [0.15, 0.2) is 18.2 Å². The van der Waals surface area contributed by atoms with Gasteiger partial charge in [-0.3, -0.25) is 0 Å². The lowest BCUT2D eigenvalue weighted by molar-refractivity contribution is 0.448. The maximum atomic E-state index is 9.08. The Morgan fingerprint density at radius 2 is 1.67 bits per heavy atom. The third-order valence-electron chi connectivity index (χ3n) is 1.61. The van der Waals surface area contributed by atoms with Crippen LogP contribution in [0.4, 0.5) is 0 Å². The number of benzene rings is 1. The zero-order valence-corrected chi connectivity index (χ0v) is 6.57. The van der Waals surface area contributed by atoms with Crippen molar-refractivity contribution in [2.75, 3.05) is 6.54 Å². The monoisotopic (exact) mass is 168 g/mol. The smallest absolute Gasteiger partial charge is 0.119 e. The van der Waals surface area contributed by atoms with E-state index >= 15 is 0 Å². The van der Waals surface area contributed by atoms with Gasteiger partial charge in [0.1, 0.15) is 11.5 Å². The molecule has 0 fully saturated rings. The standard InChI is InChI=1S/C8H12N2O2/c9-4-8(10)5-1-6(11)3-7(12)2-5/h1-3,8,11-12H,4,9-10H2/t8-/m1/s1. The Morgan fingerprint density at radius 1 is 1.17 bits per heavy atom. The van der Waals surface area contributed by atoms with E-state index in [1.54, 1.807) is 0 Å². The number of aromatic hydroxyl groups is 2. The predicted molar refractivity (Wildman–Crippen MR) is 45.8 cm³/mol. The average molecular weight is 168 g/mol. The van der Waals surface area contributed by atoms with Crippen LogP contribution in [-0.2, 0) is 0 Å². The molecule has 0 amide bonds. The van der Waals surface area contributed by atoms with Crippen LogP contribution < -0.4 is 11.5 Å². The highest BCUT2D eigenvalue weighted by atomic mass is 16.3. The molecule has 0 saturated heterocycles. The van der Waals surface area contributed by atoms with E-state index in [1.807, 2.05) is 0 Å². The molecule has 6 N–H and O–H groups in total. The quantitative estimate of drug-likeness (QED) is 0.502. The van der Waals surface area contributed by atoms with Gasteiger partial charge < -0.3 is 21.7 Å². The summed E-state index contributed by atoms with van der Waals surface area (Å²) in [7, 11) is 0. The molecule has 0 aliphatic carbocycles. The SMILES string of the molecule is NC[C@@H](N)c1cc(O)cc(O)c1. The molecule has 0 saturated carbocycles. The summed E-state index contributed by atoms with van der Waals surface area (Å²) in [6.07, 6.45) is 0. The largest absolute Gasteiger partial charge is 0.508 e. The van der Waals surface area contributed by atoms with E-state index in [2.05, 4.69) is 0 Å². The first-order valence-electron chi connectivity index (χ1n) is 3.62. The van der Waals surface area contributed by atoms with Gasteiger partial charge in [-0.05, 0) is 17.7 Å². The van der Waals surface area contributed by atoms with E-state index in [0.29, 0.717) is 5.56 Å². The first-order valence-corrected chi connectivity index (χ1v) is 3.62. The third kappa shape index (κ3) is 1.87. The average Bonchev–Trinajstić information content (AvgIpc) is 2.01. The zero-order valence-electron chi connectivity index (χ0n) is 6.57. The van der Waals surface area contributed by atoms with E-state index in [1.165, 1.54) is 18.2 Å². The van der Waals surface area contributed by atoms with Gasteiger partial charge in [-0.2, -0.15) is 0 Å². The van der Waals surface area contributed by atoms with Crippen molar-refractivity contribution >= 4 is 0 Å². The Balaban J connectivity index is 3.00. The first-order chi connectivity index (χ1) is 5.63. The zero-order chi connectivity index (χ0) is 9.14. The summed E-state index contributed by atoms with van der Waals surface area (Å²) in [5.41, 5.74) is 11.5. The fourth-order valence-corrected chi connectivity index (χ4v) is 0.968. The van der Waals surface area contributed by atoms with Crippen molar-refractivity contribution in [2.24, 2.45) is 11.5 Å². The molecule has 66 valence electrons. The maximum Gasteiger partial charge on any atom is 0.119 e. The minimum Gasteiger partial charge on any atom is -0.508 e. The van der Waals surface area contributed by atoms with Crippen LogP contribution in [-0.4, -0.2) is 16.8 Å². The fourth-order valence-electron chi connectivity index (χ4n) is 0.968. The van der Waals surface area contributed by atoms with Crippen molar-refractivity contribution in [3.63, 3.8) is 0 Å². The van der Waals surface area contributed by atoms with Gasteiger partial charge in [0, 0.05) is 18.7 Å². The van der Waals surface area contributed by atoms with Crippen LogP contribution in [0.1, 0.15) is 11.6 Å². The summed E-state index contributed by atoms with van der Waals surface area (Å²) in [6.45, 7) is 0.281. The summed E-state index contributed by atoms with van der Waals surface area (Å²) < 4.78 is 0. The molecule has 4 heteroatoms. The predicted octanol–water partition coefficient (Wildman–Crippen LogP) is 0.0563. The second kappa shape index (κ2) is 3.42. The van der Waals surface area contributed by atoms with Crippen LogP contribution in [0.5, 0.6) is 11.5 Å². The van der Waals surface area contributed by atoms with Crippen molar-refractivity contribution in [3.8, 4) is 11.5 Å². The summed E-state index contributed by atoms with van der Waals surface area (Å²) in [4.78, 5) is 0. The maximum absolute atomic E-state index is 9.08. The van der Waals surface area contributed by atoms with Gasteiger partial charge in [0.2, 0.25) is 0 Å². The molecule has 1 aromatic carbocycles. The normalized spacial score (nSPS) is 12.8. The third-order valence-corrected chi connectivity index (χ3v) is 1.61. The highest BCUT2D eigenvalue weighted by molar-refractivity contribution is 5.38. The minimum absolute atomic E-state index is 0.00565. The molecule has 0 unspecified atom stereocenters. The molecular weight excluding hydrogens is 156 g/mol. The summed E-state index contributed by atoms with van der Waals surface area (Å²) >= 11 is 0. The first kappa shape index (κ1) is 8.83. The number of nitrogens with two attached hydrogens (primary N) is 2. The van der Waals surface area contributed by atoms with Gasteiger partial charge in [0.25, 0.3) is 0 Å². The van der Waals surface area contributed by atoms with Crippen LogP contribution in [0.25, 0.3) is 0 Å². The molecule has 0 aromatic heterocycles. The molecule has 0 aliphatic heterocycles. The molecule has 1 atom stereocenters. The molecule has 1 aromatic rings. The lowest BCUT2D eigenvalue weighted by Gasteiger charge is -2.09. The molecular formula is C8H12N2O2. The van der Waals surface area contributed by atoms with Gasteiger partial charge in [0.05, 0.1) is 0 Å². The number of hydrogen-bond acceptors (Lipinski definition) is 4. The molecule has 4 nitrogen and oxygen atoms in total. The molecule has 0 heterocycles. The van der Waals surface area contributed by atoms with Crippen molar-refractivity contribution < 1.29 is 10.2 Å². The van der Waals surface area contributed by atoms with Gasteiger partial charge >= 0.3 is 0 Å². The molecule has 0 aliphatic rings. The van der Waals surface area contributed by atoms with Gasteiger partial charge in [-0.1, -0.05) is 0 Å². The van der Waals surface area contributed by atoms with E-state index in [4.69, 9.17) is 21.7 Å². The van der Waals surface area contributed by atoms with Gasteiger partial charge in [-0.25, -0.2) is 0 Å². The highest BCUT2D eigenvalue weighted by Crippen LogP contribution is 2.23. The van der Waals surface area contributed by atoms with Crippen LogP contribution in [0, 0.1) is 0 Å². The molecule has 0 spiro atoms. The van der Waals surface area contributed by atoms with Crippen molar-refractivity contribution in [1.82, 2.24) is 0 Å². The lowest BCUT2D eigenvalue weighted by atomic mass is 10.1. The van der Waals surface area contributed by atoms with E-state index in [0.717, 1.165) is 0 Å². The van der Waals surface area contributed by atoms with Crippen LogP contribution >= 0.6 is 0 Å². The van der Waals surface area contributed by atoms with E-state index in [-0.39, 0.29) is 24.1 Å². The van der Waals surface area contributed by atoms with Gasteiger partial charge in [-0.15, -0.1) is 0 Å². The molecule has 12 heavy (non-hydrogen) atoms. The Bertz CT molecular complexity index is 256. The molecule has 1 rings (SSSR count). The van der Waals surface area contributed by atoms with Crippen molar-refractivity contribution in [3.05, 3.63) is 23.8 Å². The Labute approximate surface area is 70.4 Å². The van der Waals surface area contributed by atoms with Gasteiger partial charge in [0.15, 0.2) is 0 Å². The van der Waals surface area contributed by atoms with Crippen molar-refractivity contribution in [2.45, 2.75) is 6.04 Å². The number of phenolic OH excluding ortho intramolecular Hbond substituents is 2. The minimum atomic E-state index is -0.344. The summed E-state index contributed by atoms with van der Waals surface area (Å²) in [5, 5.41) is 18.2. The van der Waals surface area contributed by atoms with E-state index < -0.39 is 0 Å². The topological polar surface area (TPSA) is 92.5 Å². The summed E-state index contributed by atoms with van der Waals surface area (Å²) in [6, 6.07) is 3.87. The molecule has 0 radical (unpaired) electrons. The van der Waals surface area contributed by atoms with E-state index in [9.17, 15) is 0 Å². The lowest BCUT2D eigenvalue weighted by Crippen LogP contribution is -2.20. The Morgan fingerprint density at radius 3 is 2.08 bits per heavy atom. The second-order valence-corrected chi connectivity index (χ2v) is 2.62. The Hall–Kier alpha value is -1.26. The highest BCUT2D eigenvalue weighted by Gasteiger charge is 2.05. The number of rotatable bonds is 2. The van der Waals surface area contributed by atoms with Crippen molar-refractivity contribution in [1.29, 1.82) is 0 Å². The number of hydrogen-bond donors (Lipinski definition) is 4. The Kier molecular flexibility index (Phi) is 2.52. The fraction of sp³-hybridized carbons (Fsp3) is 0.250.